The molecule has 2 nitrogen and oxygen atoms in total. The van der Waals surface area contributed by atoms with Crippen LogP contribution in [0.5, 0.6) is 5.75 Å². The molecule has 0 radical (unpaired) electrons. The van der Waals surface area contributed by atoms with Crippen molar-refractivity contribution in [2.45, 2.75) is 66.0 Å². The second-order valence-electron chi connectivity index (χ2n) is 6.21. The van der Waals surface area contributed by atoms with Crippen molar-refractivity contribution in [2.24, 2.45) is 5.92 Å². The highest BCUT2D eigenvalue weighted by atomic mass is 79.9. The van der Waals surface area contributed by atoms with E-state index in [1.165, 1.54) is 24.8 Å². The van der Waals surface area contributed by atoms with Crippen LogP contribution in [-0.4, -0.2) is 12.6 Å². The average Bonchev–Trinajstić information content (AvgIpc) is 2.43. The van der Waals surface area contributed by atoms with E-state index in [2.05, 4.69) is 61.1 Å². The monoisotopic (exact) mass is 355 g/mol. The summed E-state index contributed by atoms with van der Waals surface area (Å²) < 4.78 is 6.93. The largest absolute Gasteiger partial charge is 0.493 e. The van der Waals surface area contributed by atoms with Gasteiger partial charge in [0, 0.05) is 22.6 Å². The maximum atomic E-state index is 5.83. The van der Waals surface area contributed by atoms with E-state index in [0.717, 1.165) is 35.7 Å². The lowest BCUT2D eigenvalue weighted by molar-refractivity contribution is 0.312. The summed E-state index contributed by atoms with van der Waals surface area (Å²) >= 11 is 3.55. The molecule has 0 heterocycles. The van der Waals surface area contributed by atoms with Gasteiger partial charge in [-0.25, -0.2) is 0 Å². The van der Waals surface area contributed by atoms with E-state index in [0.29, 0.717) is 6.04 Å². The standard InChI is InChI=1S/C18H30BrNO/c1-5-11-21-18-10-9-17(19)12-16(18)13-20-15(4)8-6-7-14(2)3/h9-10,12,14-15,20H,5-8,11,13H2,1-4H3. The molecule has 0 aliphatic rings. The van der Waals surface area contributed by atoms with E-state index in [-0.39, 0.29) is 0 Å². The quantitative estimate of drug-likeness (QED) is 0.594. The molecule has 21 heavy (non-hydrogen) atoms. The van der Waals surface area contributed by atoms with Gasteiger partial charge in [-0.1, -0.05) is 49.5 Å². The van der Waals surface area contributed by atoms with Gasteiger partial charge in [0.05, 0.1) is 6.61 Å². The van der Waals surface area contributed by atoms with Gasteiger partial charge in [-0.05, 0) is 43.9 Å². The van der Waals surface area contributed by atoms with Gasteiger partial charge >= 0.3 is 0 Å². The van der Waals surface area contributed by atoms with Crippen molar-refractivity contribution < 1.29 is 4.74 Å². The zero-order valence-corrected chi connectivity index (χ0v) is 15.5. The molecule has 1 aromatic carbocycles. The summed E-state index contributed by atoms with van der Waals surface area (Å²) in [6.45, 7) is 10.6. The number of hydrogen-bond acceptors (Lipinski definition) is 2. The Bertz CT molecular complexity index is 406. The van der Waals surface area contributed by atoms with Crippen molar-refractivity contribution in [3.63, 3.8) is 0 Å². The molecule has 0 bridgehead atoms. The molecule has 0 aromatic heterocycles. The van der Waals surface area contributed by atoms with Crippen molar-refractivity contribution >= 4 is 15.9 Å². The first-order valence-electron chi connectivity index (χ1n) is 8.17. The van der Waals surface area contributed by atoms with Gasteiger partial charge < -0.3 is 10.1 Å². The van der Waals surface area contributed by atoms with Crippen LogP contribution in [0.2, 0.25) is 0 Å². The topological polar surface area (TPSA) is 21.3 Å². The Balaban J connectivity index is 2.47. The van der Waals surface area contributed by atoms with Crippen LogP contribution in [-0.2, 0) is 6.54 Å². The van der Waals surface area contributed by atoms with Crippen molar-refractivity contribution in [3.8, 4) is 5.75 Å². The van der Waals surface area contributed by atoms with Crippen LogP contribution in [0, 0.1) is 5.92 Å². The Hall–Kier alpha value is -0.540. The fraction of sp³-hybridized carbons (Fsp3) is 0.667. The second-order valence-corrected chi connectivity index (χ2v) is 7.12. The van der Waals surface area contributed by atoms with E-state index in [1.54, 1.807) is 0 Å². The van der Waals surface area contributed by atoms with E-state index < -0.39 is 0 Å². The average molecular weight is 356 g/mol. The van der Waals surface area contributed by atoms with Gasteiger partial charge in [0.25, 0.3) is 0 Å². The summed E-state index contributed by atoms with van der Waals surface area (Å²) in [5.74, 6) is 1.80. The van der Waals surface area contributed by atoms with Gasteiger partial charge in [0.15, 0.2) is 0 Å². The molecule has 1 unspecified atom stereocenters. The first-order chi connectivity index (χ1) is 10.0. The lowest BCUT2D eigenvalue weighted by Gasteiger charge is -2.17. The third-order valence-corrected chi connectivity index (χ3v) is 4.04. The van der Waals surface area contributed by atoms with Crippen molar-refractivity contribution in [3.05, 3.63) is 28.2 Å². The molecule has 1 N–H and O–H groups in total. The fourth-order valence-corrected chi connectivity index (χ4v) is 2.67. The summed E-state index contributed by atoms with van der Waals surface area (Å²) in [5.41, 5.74) is 1.23. The van der Waals surface area contributed by atoms with Crippen LogP contribution in [0.25, 0.3) is 0 Å². The highest BCUT2D eigenvalue weighted by molar-refractivity contribution is 9.10. The van der Waals surface area contributed by atoms with Crippen LogP contribution in [0.3, 0.4) is 0 Å². The third kappa shape index (κ3) is 7.87. The number of rotatable bonds is 10. The normalized spacial score (nSPS) is 12.7. The Morgan fingerprint density at radius 2 is 1.95 bits per heavy atom. The Kier molecular flexibility index (Phi) is 9.02. The third-order valence-electron chi connectivity index (χ3n) is 3.54. The molecular weight excluding hydrogens is 326 g/mol. The van der Waals surface area contributed by atoms with Gasteiger partial charge in [-0.2, -0.15) is 0 Å². The Labute approximate surface area is 138 Å². The zero-order valence-electron chi connectivity index (χ0n) is 13.9. The second kappa shape index (κ2) is 10.2. The fourth-order valence-electron chi connectivity index (χ4n) is 2.26. The minimum absolute atomic E-state index is 0.543. The van der Waals surface area contributed by atoms with Gasteiger partial charge in [-0.3, -0.25) is 0 Å². The molecule has 1 aromatic rings. The molecule has 0 saturated carbocycles. The van der Waals surface area contributed by atoms with E-state index >= 15 is 0 Å². The van der Waals surface area contributed by atoms with Gasteiger partial charge in [-0.15, -0.1) is 0 Å². The van der Waals surface area contributed by atoms with Crippen molar-refractivity contribution in [2.75, 3.05) is 6.61 Å². The maximum absolute atomic E-state index is 5.83. The predicted octanol–water partition coefficient (Wildman–Crippen LogP) is 5.54. The van der Waals surface area contributed by atoms with E-state index in [1.807, 2.05) is 6.07 Å². The van der Waals surface area contributed by atoms with E-state index in [4.69, 9.17) is 4.74 Å². The highest BCUT2D eigenvalue weighted by Gasteiger charge is 2.07. The zero-order chi connectivity index (χ0) is 15.7. The summed E-state index contributed by atoms with van der Waals surface area (Å²) in [4.78, 5) is 0. The van der Waals surface area contributed by atoms with Crippen LogP contribution in [0.4, 0.5) is 0 Å². The molecule has 0 spiro atoms. The molecule has 0 amide bonds. The molecule has 0 aliphatic heterocycles. The summed E-state index contributed by atoms with van der Waals surface area (Å²) in [5, 5.41) is 3.62. The van der Waals surface area contributed by atoms with Gasteiger partial charge in [0.1, 0.15) is 5.75 Å². The van der Waals surface area contributed by atoms with Crippen LogP contribution < -0.4 is 10.1 Å². The maximum Gasteiger partial charge on any atom is 0.123 e. The number of ether oxygens (including phenoxy) is 1. The van der Waals surface area contributed by atoms with Crippen LogP contribution in [0.15, 0.2) is 22.7 Å². The Morgan fingerprint density at radius 3 is 2.62 bits per heavy atom. The number of halogens is 1. The Morgan fingerprint density at radius 1 is 1.19 bits per heavy atom. The minimum atomic E-state index is 0.543. The molecule has 1 rings (SSSR count). The van der Waals surface area contributed by atoms with Crippen molar-refractivity contribution in [1.29, 1.82) is 0 Å². The highest BCUT2D eigenvalue weighted by Crippen LogP contribution is 2.23. The molecule has 0 saturated heterocycles. The van der Waals surface area contributed by atoms with Crippen molar-refractivity contribution in [1.82, 2.24) is 5.32 Å². The first kappa shape index (κ1) is 18.5. The minimum Gasteiger partial charge on any atom is -0.493 e. The summed E-state index contributed by atoms with van der Waals surface area (Å²) in [7, 11) is 0. The molecule has 120 valence electrons. The van der Waals surface area contributed by atoms with Crippen LogP contribution >= 0.6 is 15.9 Å². The predicted molar refractivity (Wildman–Crippen MR) is 94.9 cm³/mol. The number of benzene rings is 1. The van der Waals surface area contributed by atoms with Crippen LogP contribution in [0.1, 0.15) is 58.9 Å². The number of nitrogens with one attached hydrogen (secondary N) is 1. The molecule has 1 atom stereocenters. The smallest absolute Gasteiger partial charge is 0.123 e. The summed E-state index contributed by atoms with van der Waals surface area (Å²) in [6, 6.07) is 6.79. The van der Waals surface area contributed by atoms with Gasteiger partial charge in [0.2, 0.25) is 0 Å². The lowest BCUT2D eigenvalue weighted by atomic mass is 10.0. The molecule has 3 heteroatoms. The number of hydrogen-bond donors (Lipinski definition) is 1. The molecule has 0 aliphatic carbocycles. The lowest BCUT2D eigenvalue weighted by Crippen LogP contribution is -2.25. The SMILES string of the molecule is CCCOc1ccc(Br)cc1CNC(C)CCCC(C)C. The summed E-state index contributed by atoms with van der Waals surface area (Å²) in [6.07, 6.45) is 4.88. The molecule has 0 fully saturated rings. The molecular formula is C18H30BrNO. The first-order valence-corrected chi connectivity index (χ1v) is 8.96. The van der Waals surface area contributed by atoms with E-state index in [9.17, 15) is 0 Å².